The predicted molar refractivity (Wildman–Crippen MR) is 185 cm³/mol. The van der Waals surface area contributed by atoms with Crippen molar-refractivity contribution >= 4 is 0 Å². The van der Waals surface area contributed by atoms with Gasteiger partial charge in [0.25, 0.3) is 0 Å². The molecule has 4 fully saturated rings. The van der Waals surface area contributed by atoms with Crippen LogP contribution in [-0.4, -0.2) is 204 Å². The highest BCUT2D eigenvalue weighted by Gasteiger charge is 2.54. The van der Waals surface area contributed by atoms with Gasteiger partial charge < -0.3 is 109 Å². The summed E-state index contributed by atoms with van der Waals surface area (Å²) < 4.78 is 36.3. The largest absolute Gasteiger partial charge is 0.394 e. The summed E-state index contributed by atoms with van der Waals surface area (Å²) in [6.45, 7) is 1.42. The van der Waals surface area contributed by atoms with Crippen LogP contribution >= 0.6 is 0 Å². The molecule has 1 aliphatic carbocycles. The molecule has 3 saturated heterocycles. The van der Waals surface area contributed by atoms with Crippen LogP contribution in [0.1, 0.15) is 19.3 Å². The summed E-state index contributed by atoms with van der Waals surface area (Å²) in [6, 6.07) is -3.48. The quantitative estimate of drug-likeness (QED) is 0.0648. The Balaban J connectivity index is 1.28. The van der Waals surface area contributed by atoms with Crippen molar-refractivity contribution in [2.45, 2.75) is 135 Å². The molecule has 5 aliphatic rings. The Morgan fingerprint density at radius 1 is 0.830 bits per heavy atom. The number of aliphatic hydroxyl groups is 7. The monoisotopic (exact) mass is 766 g/mol. The number of aliphatic hydroxyl groups excluding tert-OH is 6. The Labute approximate surface area is 308 Å². The van der Waals surface area contributed by atoms with Crippen molar-refractivity contribution in [3.63, 3.8) is 0 Å². The molecule has 1 saturated carbocycles. The first-order chi connectivity index (χ1) is 25.3. The zero-order valence-electron chi connectivity index (χ0n) is 29.8. The fourth-order valence-electron chi connectivity index (χ4n) is 7.42. The molecule has 0 amide bonds. The molecule has 21 heteroatoms. The lowest BCUT2D eigenvalue weighted by Crippen LogP contribution is -2.66. The van der Waals surface area contributed by atoms with Gasteiger partial charge in [0.15, 0.2) is 18.9 Å². The molecule has 21 nitrogen and oxygen atoms in total. The van der Waals surface area contributed by atoms with E-state index < -0.39 is 122 Å². The smallest absolute Gasteiger partial charge is 0.187 e. The standard InChI is InChI=1S/C32H62N8O13/c33-8-14(42)10-40-18-7-17(36)26(51-29-16(35)2-1-15(48-29)11-39-13-32(47)3-5-38-6-4-32)28(22(18)43)53-31-25(46)27(20(12-41)50-31)52-30-21(37)24(45)23(44)19(9-34)49-30/h1-2,14-31,38-47H,3-13,33-37H2/t14?,15-,16+,17-,18+,19-,20+,21+,22-,23+,24+,25+,26+,27+,28+,29+,30+,31-/m0/s1. The van der Waals surface area contributed by atoms with Gasteiger partial charge in [-0.15, -0.1) is 0 Å². The van der Waals surface area contributed by atoms with E-state index in [1.807, 2.05) is 0 Å². The Morgan fingerprint density at radius 3 is 2.19 bits per heavy atom. The van der Waals surface area contributed by atoms with Crippen LogP contribution in [0.5, 0.6) is 0 Å². The lowest BCUT2D eigenvalue weighted by atomic mass is 9.83. The summed E-state index contributed by atoms with van der Waals surface area (Å²) in [4.78, 5) is 0. The molecule has 0 spiro atoms. The predicted octanol–water partition coefficient (Wildman–Crippen LogP) is -8.37. The molecule has 20 N–H and O–H groups in total. The summed E-state index contributed by atoms with van der Waals surface area (Å²) in [5.74, 6) is 0. The molecule has 0 aromatic heterocycles. The molecule has 0 aromatic carbocycles. The fraction of sp³-hybridized carbons (Fsp3) is 0.938. The van der Waals surface area contributed by atoms with E-state index in [2.05, 4.69) is 16.0 Å². The van der Waals surface area contributed by atoms with Gasteiger partial charge in [0, 0.05) is 44.8 Å². The van der Waals surface area contributed by atoms with Crippen molar-refractivity contribution in [1.29, 1.82) is 0 Å². The summed E-state index contributed by atoms with van der Waals surface area (Å²) in [5, 5.41) is 84.5. The van der Waals surface area contributed by atoms with Crippen molar-refractivity contribution in [2.24, 2.45) is 28.7 Å². The summed E-state index contributed by atoms with van der Waals surface area (Å²) >= 11 is 0. The van der Waals surface area contributed by atoms with E-state index in [1.54, 1.807) is 12.2 Å². The second kappa shape index (κ2) is 19.4. The second-order valence-electron chi connectivity index (χ2n) is 14.8. The number of rotatable bonds is 16. The highest BCUT2D eigenvalue weighted by Crippen LogP contribution is 2.34. The zero-order valence-corrected chi connectivity index (χ0v) is 29.8. The molecule has 0 aromatic rings. The molecule has 0 radical (unpaired) electrons. The van der Waals surface area contributed by atoms with Gasteiger partial charge in [-0.25, -0.2) is 0 Å². The number of hydrogen-bond acceptors (Lipinski definition) is 21. The maximum absolute atomic E-state index is 11.7. The van der Waals surface area contributed by atoms with Gasteiger partial charge in [0.2, 0.25) is 0 Å². The molecular formula is C32H62N8O13. The maximum Gasteiger partial charge on any atom is 0.187 e. The van der Waals surface area contributed by atoms with Crippen LogP contribution in [0.25, 0.3) is 0 Å². The van der Waals surface area contributed by atoms with Gasteiger partial charge in [0.1, 0.15) is 48.8 Å². The van der Waals surface area contributed by atoms with E-state index in [9.17, 15) is 35.7 Å². The van der Waals surface area contributed by atoms with Crippen molar-refractivity contribution in [2.75, 3.05) is 52.4 Å². The first-order valence-corrected chi connectivity index (χ1v) is 18.5. The Kier molecular flexibility index (Phi) is 15.7. The van der Waals surface area contributed by atoms with Crippen molar-refractivity contribution in [1.82, 2.24) is 16.0 Å². The lowest BCUT2D eigenvalue weighted by molar-refractivity contribution is -0.284. The van der Waals surface area contributed by atoms with Gasteiger partial charge in [-0.2, -0.15) is 0 Å². The van der Waals surface area contributed by atoms with Crippen LogP contribution in [-0.2, 0) is 28.4 Å². The minimum absolute atomic E-state index is 0.0209. The Hall–Kier alpha value is -1.10. The summed E-state index contributed by atoms with van der Waals surface area (Å²) in [7, 11) is 0. The Morgan fingerprint density at radius 2 is 1.51 bits per heavy atom. The fourth-order valence-corrected chi connectivity index (χ4v) is 7.42. The van der Waals surface area contributed by atoms with Crippen LogP contribution in [0.3, 0.4) is 0 Å². The molecule has 53 heavy (non-hydrogen) atoms. The number of ether oxygens (including phenoxy) is 6. The van der Waals surface area contributed by atoms with Crippen LogP contribution in [0.4, 0.5) is 0 Å². The Bertz CT molecular complexity index is 1150. The lowest BCUT2D eigenvalue weighted by Gasteiger charge is -2.46. The normalized spacial score (nSPS) is 45.3. The topological polar surface area (TPSA) is 363 Å². The van der Waals surface area contributed by atoms with E-state index >= 15 is 0 Å². The van der Waals surface area contributed by atoms with E-state index in [0.717, 1.165) is 13.1 Å². The van der Waals surface area contributed by atoms with Crippen LogP contribution in [0.15, 0.2) is 12.2 Å². The maximum atomic E-state index is 11.7. The van der Waals surface area contributed by atoms with Crippen LogP contribution < -0.4 is 44.6 Å². The third-order valence-corrected chi connectivity index (χ3v) is 10.7. The number of piperidine rings is 1. The molecule has 4 heterocycles. The molecule has 5 rings (SSSR count). The highest BCUT2D eigenvalue weighted by atomic mass is 16.8. The summed E-state index contributed by atoms with van der Waals surface area (Å²) in [5.41, 5.74) is 29.5. The van der Waals surface area contributed by atoms with E-state index in [4.69, 9.17) is 57.1 Å². The molecule has 1 unspecified atom stereocenters. The molecule has 308 valence electrons. The third-order valence-electron chi connectivity index (χ3n) is 10.7. The third kappa shape index (κ3) is 10.5. The van der Waals surface area contributed by atoms with Crippen LogP contribution in [0.2, 0.25) is 0 Å². The minimum atomic E-state index is -1.60. The van der Waals surface area contributed by atoms with Gasteiger partial charge in [-0.05, 0) is 32.4 Å². The minimum Gasteiger partial charge on any atom is -0.394 e. The van der Waals surface area contributed by atoms with E-state index in [1.165, 1.54) is 0 Å². The average molecular weight is 767 g/mol. The first kappa shape index (κ1) is 43.0. The molecule has 4 aliphatic heterocycles. The molecular weight excluding hydrogens is 704 g/mol. The zero-order chi connectivity index (χ0) is 38.4. The molecule has 18 atom stereocenters. The van der Waals surface area contributed by atoms with Gasteiger partial charge in [-0.3, -0.25) is 0 Å². The van der Waals surface area contributed by atoms with Gasteiger partial charge >= 0.3 is 0 Å². The van der Waals surface area contributed by atoms with Gasteiger partial charge in [-0.1, -0.05) is 12.2 Å². The first-order valence-electron chi connectivity index (χ1n) is 18.5. The highest BCUT2D eigenvalue weighted by molar-refractivity contribution is 5.06. The van der Waals surface area contributed by atoms with E-state index in [-0.39, 0.29) is 26.1 Å². The SMILES string of the molecule is NCC(O)CN[C@@H]1C[C@H](N)[C@@H](O[C@H]2O[C@H](CNCC3(O)CCNCC3)C=C[C@H]2N)[C@H](O[C@@H]2O[C@H](CO)[C@@H](O[C@H]3O[C@@H](CN)[C@@H](O)[C@H](O)[C@H]3N)[C@H]2O)[C@H]1O. The second-order valence-corrected chi connectivity index (χ2v) is 14.8. The summed E-state index contributed by atoms with van der Waals surface area (Å²) in [6.07, 6.45) is -12.0. The van der Waals surface area contributed by atoms with Gasteiger partial charge in [0.05, 0.1) is 42.6 Å². The van der Waals surface area contributed by atoms with Crippen molar-refractivity contribution < 1.29 is 64.2 Å². The number of hydrogen-bond donors (Lipinski definition) is 15. The molecule has 0 bridgehead atoms. The van der Waals surface area contributed by atoms with Crippen molar-refractivity contribution in [3.8, 4) is 0 Å². The van der Waals surface area contributed by atoms with Crippen LogP contribution in [0, 0.1) is 0 Å². The number of nitrogens with one attached hydrogen (secondary N) is 3. The van der Waals surface area contributed by atoms with E-state index in [0.29, 0.717) is 25.9 Å². The average Bonchev–Trinajstić information content (AvgIpc) is 3.44. The van der Waals surface area contributed by atoms with Crippen molar-refractivity contribution in [3.05, 3.63) is 12.2 Å². The number of nitrogens with two attached hydrogens (primary N) is 5.